The monoisotopic (exact) mass is 430 g/mol. The largest absolute Gasteiger partial charge is 0.285 e. The van der Waals surface area contributed by atoms with E-state index in [4.69, 9.17) is 0 Å². The van der Waals surface area contributed by atoms with Gasteiger partial charge in [-0.15, -0.1) is 11.8 Å². The van der Waals surface area contributed by atoms with Gasteiger partial charge in [-0.2, -0.15) is 5.10 Å². The van der Waals surface area contributed by atoms with Crippen molar-refractivity contribution in [2.45, 2.75) is 11.4 Å². The standard InChI is InChI=1S/C20H16F2N4OS2/c21-14-2-5-16(6-3-14)28-13-19(27)26(11-10-25-9-1-8-23-25)20-24-17-7-4-15(22)12-18(17)29-20/h1-9,12H,10-11,13H2. The number of carbonyl (C=O) groups excluding carboxylic acids is 1. The zero-order valence-electron chi connectivity index (χ0n) is 15.2. The Bertz CT molecular complexity index is 1110. The predicted molar refractivity (Wildman–Crippen MR) is 111 cm³/mol. The summed E-state index contributed by atoms with van der Waals surface area (Å²) in [6.45, 7) is 0.886. The molecule has 0 fully saturated rings. The molecule has 0 atom stereocenters. The van der Waals surface area contributed by atoms with Crippen molar-refractivity contribution in [3.8, 4) is 0 Å². The van der Waals surface area contributed by atoms with Crippen LogP contribution < -0.4 is 4.90 Å². The Balaban J connectivity index is 1.54. The number of carbonyl (C=O) groups is 1. The van der Waals surface area contributed by atoms with Gasteiger partial charge in [0, 0.05) is 23.8 Å². The van der Waals surface area contributed by atoms with Crippen molar-refractivity contribution in [1.29, 1.82) is 0 Å². The third-order valence-electron chi connectivity index (χ3n) is 4.16. The van der Waals surface area contributed by atoms with Crippen LogP contribution in [0, 0.1) is 11.6 Å². The Hall–Kier alpha value is -2.78. The molecule has 0 aliphatic rings. The van der Waals surface area contributed by atoms with E-state index in [0.29, 0.717) is 28.4 Å². The third-order valence-corrected chi connectivity index (χ3v) is 6.20. The van der Waals surface area contributed by atoms with Crippen LogP contribution in [0.25, 0.3) is 10.2 Å². The SMILES string of the molecule is O=C(CSc1ccc(F)cc1)N(CCn1cccn1)c1nc2ccc(F)cc2s1. The van der Waals surface area contributed by atoms with Crippen LogP contribution in [0.2, 0.25) is 0 Å². The molecule has 0 saturated carbocycles. The molecule has 0 aliphatic heterocycles. The highest BCUT2D eigenvalue weighted by Crippen LogP contribution is 2.30. The van der Waals surface area contributed by atoms with E-state index in [-0.39, 0.29) is 23.3 Å². The van der Waals surface area contributed by atoms with Crippen molar-refractivity contribution >= 4 is 44.4 Å². The summed E-state index contributed by atoms with van der Waals surface area (Å²) in [4.78, 5) is 19.9. The van der Waals surface area contributed by atoms with E-state index in [1.807, 2.05) is 12.3 Å². The van der Waals surface area contributed by atoms with Gasteiger partial charge in [-0.25, -0.2) is 13.8 Å². The number of halogens is 2. The average molecular weight is 431 g/mol. The summed E-state index contributed by atoms with van der Waals surface area (Å²) in [7, 11) is 0. The average Bonchev–Trinajstić information content (AvgIpc) is 3.37. The Morgan fingerprint density at radius 2 is 1.93 bits per heavy atom. The maximum atomic E-state index is 13.5. The molecule has 4 rings (SSSR count). The number of nitrogens with zero attached hydrogens (tertiary/aromatic N) is 4. The molecule has 0 aliphatic carbocycles. The first-order valence-electron chi connectivity index (χ1n) is 8.81. The van der Waals surface area contributed by atoms with Crippen molar-refractivity contribution in [2.24, 2.45) is 0 Å². The second-order valence-corrected chi connectivity index (χ2v) is 8.22. The van der Waals surface area contributed by atoms with E-state index in [1.54, 1.807) is 34.0 Å². The fourth-order valence-corrected chi connectivity index (χ4v) is 4.53. The Morgan fingerprint density at radius 3 is 2.69 bits per heavy atom. The first kappa shape index (κ1) is 19.5. The lowest BCUT2D eigenvalue weighted by Gasteiger charge is -2.19. The Kier molecular flexibility index (Phi) is 5.86. The van der Waals surface area contributed by atoms with Gasteiger partial charge in [-0.1, -0.05) is 11.3 Å². The van der Waals surface area contributed by atoms with Gasteiger partial charge in [0.2, 0.25) is 5.91 Å². The molecule has 1 amide bonds. The molecule has 0 radical (unpaired) electrons. The minimum Gasteiger partial charge on any atom is -0.285 e. The topological polar surface area (TPSA) is 51.0 Å². The molecule has 148 valence electrons. The first-order chi connectivity index (χ1) is 14.1. The molecule has 0 saturated heterocycles. The summed E-state index contributed by atoms with van der Waals surface area (Å²) in [6, 6.07) is 12.2. The van der Waals surface area contributed by atoms with Gasteiger partial charge in [0.25, 0.3) is 0 Å². The van der Waals surface area contributed by atoms with Crippen LogP contribution >= 0.6 is 23.1 Å². The lowest BCUT2D eigenvalue weighted by Crippen LogP contribution is -2.35. The summed E-state index contributed by atoms with van der Waals surface area (Å²) in [5, 5.41) is 4.68. The van der Waals surface area contributed by atoms with Gasteiger partial charge in [0.1, 0.15) is 11.6 Å². The van der Waals surface area contributed by atoms with Gasteiger partial charge in [-0.3, -0.25) is 14.4 Å². The molecule has 5 nitrogen and oxygen atoms in total. The lowest BCUT2D eigenvalue weighted by atomic mass is 10.3. The molecule has 0 bridgehead atoms. The van der Waals surface area contributed by atoms with E-state index in [2.05, 4.69) is 10.1 Å². The van der Waals surface area contributed by atoms with Crippen LogP contribution in [0.4, 0.5) is 13.9 Å². The summed E-state index contributed by atoms with van der Waals surface area (Å²) in [5.74, 6) is -0.613. The van der Waals surface area contributed by atoms with Crippen LogP contribution in [0.3, 0.4) is 0 Å². The van der Waals surface area contributed by atoms with Crippen molar-refractivity contribution < 1.29 is 13.6 Å². The van der Waals surface area contributed by atoms with Crippen molar-refractivity contribution in [3.05, 3.63) is 72.6 Å². The van der Waals surface area contributed by atoms with Crippen LogP contribution in [0.5, 0.6) is 0 Å². The predicted octanol–water partition coefficient (Wildman–Crippen LogP) is 4.60. The summed E-state index contributed by atoms with van der Waals surface area (Å²) in [5.41, 5.74) is 0.648. The van der Waals surface area contributed by atoms with Crippen LogP contribution in [-0.2, 0) is 11.3 Å². The van der Waals surface area contributed by atoms with Crippen LogP contribution in [-0.4, -0.2) is 33.0 Å². The number of rotatable bonds is 7. The van der Waals surface area contributed by atoms with E-state index in [9.17, 15) is 13.6 Å². The molecule has 2 aromatic carbocycles. The number of anilines is 1. The quantitative estimate of drug-likeness (QED) is 0.402. The second kappa shape index (κ2) is 8.71. The molecule has 4 aromatic rings. The van der Waals surface area contributed by atoms with Gasteiger partial charge in [0.15, 0.2) is 5.13 Å². The maximum Gasteiger partial charge on any atom is 0.239 e. The normalized spacial score (nSPS) is 11.1. The molecule has 29 heavy (non-hydrogen) atoms. The van der Waals surface area contributed by atoms with E-state index >= 15 is 0 Å². The first-order valence-corrected chi connectivity index (χ1v) is 10.6. The number of thiazole rings is 1. The van der Waals surface area contributed by atoms with Gasteiger partial charge in [-0.05, 0) is 48.5 Å². The summed E-state index contributed by atoms with van der Waals surface area (Å²) in [6.07, 6.45) is 3.50. The molecule has 2 heterocycles. The molecule has 2 aromatic heterocycles. The maximum absolute atomic E-state index is 13.5. The molecular weight excluding hydrogens is 414 g/mol. The Labute approximate surface area is 174 Å². The van der Waals surface area contributed by atoms with E-state index in [1.165, 1.54) is 47.4 Å². The minimum absolute atomic E-state index is 0.133. The van der Waals surface area contributed by atoms with E-state index < -0.39 is 0 Å². The van der Waals surface area contributed by atoms with E-state index in [0.717, 1.165) is 4.90 Å². The lowest BCUT2D eigenvalue weighted by molar-refractivity contribution is -0.116. The van der Waals surface area contributed by atoms with Gasteiger partial charge in [0.05, 0.1) is 22.5 Å². The molecular formula is C20H16F2N4OS2. The summed E-state index contributed by atoms with van der Waals surface area (Å²) < 4.78 is 29.0. The van der Waals surface area contributed by atoms with Crippen molar-refractivity contribution in [1.82, 2.24) is 14.8 Å². The highest BCUT2D eigenvalue weighted by molar-refractivity contribution is 8.00. The van der Waals surface area contributed by atoms with Crippen molar-refractivity contribution in [2.75, 3.05) is 17.2 Å². The zero-order chi connectivity index (χ0) is 20.2. The number of hydrogen-bond acceptors (Lipinski definition) is 5. The fraction of sp³-hybridized carbons (Fsp3) is 0.150. The third kappa shape index (κ3) is 4.80. The number of thioether (sulfide) groups is 1. The smallest absolute Gasteiger partial charge is 0.239 e. The number of hydrogen-bond donors (Lipinski definition) is 0. The number of fused-ring (bicyclic) bond motifs is 1. The molecule has 0 unspecified atom stereocenters. The number of benzene rings is 2. The summed E-state index contributed by atoms with van der Waals surface area (Å²) >= 11 is 2.60. The highest BCUT2D eigenvalue weighted by Gasteiger charge is 2.20. The highest BCUT2D eigenvalue weighted by atomic mass is 32.2. The molecule has 0 spiro atoms. The van der Waals surface area contributed by atoms with Gasteiger partial charge < -0.3 is 0 Å². The van der Waals surface area contributed by atoms with Gasteiger partial charge >= 0.3 is 0 Å². The zero-order valence-corrected chi connectivity index (χ0v) is 16.8. The molecule has 0 N–H and O–H groups in total. The Morgan fingerprint density at radius 1 is 1.14 bits per heavy atom. The number of aromatic nitrogens is 3. The van der Waals surface area contributed by atoms with Crippen molar-refractivity contribution in [3.63, 3.8) is 0 Å². The second-order valence-electron chi connectivity index (χ2n) is 6.17. The van der Waals surface area contributed by atoms with Crippen LogP contribution in [0.15, 0.2) is 65.8 Å². The molecule has 9 heteroatoms. The minimum atomic E-state index is -0.339. The van der Waals surface area contributed by atoms with Crippen LogP contribution in [0.1, 0.15) is 0 Å². The number of amides is 1. The fourth-order valence-electron chi connectivity index (χ4n) is 2.72.